The molecule has 1 saturated heterocycles. The van der Waals surface area contributed by atoms with Gasteiger partial charge in [-0.25, -0.2) is 0 Å². The molecule has 0 unspecified atom stereocenters. The van der Waals surface area contributed by atoms with Crippen LogP contribution in [0, 0.1) is 3.57 Å². The zero-order valence-corrected chi connectivity index (χ0v) is 10.6. The van der Waals surface area contributed by atoms with Crippen LogP contribution in [0.4, 0.5) is 0 Å². The highest BCUT2D eigenvalue weighted by Gasteiger charge is 2.19. The number of nitrogens with one attached hydrogen (secondary N) is 2. The quantitative estimate of drug-likeness (QED) is 0.467. The van der Waals surface area contributed by atoms with Gasteiger partial charge >= 0.3 is 0 Å². The SMILES string of the molecule is O=C1NC(=S)NC1=Cc1ccc(I)cc1. The number of hydrogen-bond acceptors (Lipinski definition) is 2. The molecule has 2 rings (SSSR count). The number of carbonyl (C=O) groups excluding carboxylic acids is 1. The summed E-state index contributed by atoms with van der Waals surface area (Å²) in [6, 6.07) is 7.87. The van der Waals surface area contributed by atoms with E-state index in [1.54, 1.807) is 6.08 Å². The lowest BCUT2D eigenvalue weighted by Crippen LogP contribution is -2.21. The molecule has 5 heteroatoms. The molecule has 0 radical (unpaired) electrons. The van der Waals surface area contributed by atoms with E-state index >= 15 is 0 Å². The summed E-state index contributed by atoms with van der Waals surface area (Å²) in [7, 11) is 0. The van der Waals surface area contributed by atoms with E-state index in [2.05, 4.69) is 33.2 Å². The molecule has 0 spiro atoms. The third kappa shape index (κ3) is 2.54. The van der Waals surface area contributed by atoms with E-state index in [1.807, 2.05) is 24.3 Å². The van der Waals surface area contributed by atoms with Crippen molar-refractivity contribution in [3.05, 3.63) is 39.1 Å². The van der Waals surface area contributed by atoms with Crippen molar-refractivity contribution >= 4 is 51.9 Å². The van der Waals surface area contributed by atoms with Crippen molar-refractivity contribution in [3.63, 3.8) is 0 Å². The first-order chi connectivity index (χ1) is 7.15. The summed E-state index contributed by atoms with van der Waals surface area (Å²) >= 11 is 7.06. The van der Waals surface area contributed by atoms with Crippen molar-refractivity contribution in [2.75, 3.05) is 0 Å². The highest BCUT2D eigenvalue weighted by Crippen LogP contribution is 2.11. The Kier molecular flexibility index (Phi) is 3.01. The van der Waals surface area contributed by atoms with E-state index in [-0.39, 0.29) is 5.91 Å². The fourth-order valence-corrected chi connectivity index (χ4v) is 1.77. The maximum atomic E-state index is 11.3. The Morgan fingerprint density at radius 2 is 1.87 bits per heavy atom. The summed E-state index contributed by atoms with van der Waals surface area (Å²) in [5.41, 5.74) is 1.46. The molecule has 0 saturated carbocycles. The van der Waals surface area contributed by atoms with Gasteiger partial charge in [-0.1, -0.05) is 12.1 Å². The summed E-state index contributed by atoms with van der Waals surface area (Å²) in [4.78, 5) is 11.3. The molecule has 1 aliphatic rings. The van der Waals surface area contributed by atoms with Crippen LogP contribution in [-0.2, 0) is 4.79 Å². The first kappa shape index (κ1) is 10.6. The molecule has 3 nitrogen and oxygen atoms in total. The second-order valence-electron chi connectivity index (χ2n) is 3.02. The molecule has 0 atom stereocenters. The zero-order valence-electron chi connectivity index (χ0n) is 7.58. The number of thiocarbonyl (C=S) groups is 1. The molecule has 1 aromatic rings. The van der Waals surface area contributed by atoms with Gasteiger partial charge in [0.25, 0.3) is 5.91 Å². The van der Waals surface area contributed by atoms with E-state index in [0.29, 0.717) is 10.8 Å². The third-order valence-corrected chi connectivity index (χ3v) is 2.82. The van der Waals surface area contributed by atoms with Crippen LogP contribution in [0.2, 0.25) is 0 Å². The molecular formula is C10H7IN2OS. The minimum atomic E-state index is -0.182. The fourth-order valence-electron chi connectivity index (χ4n) is 1.21. The molecule has 0 bridgehead atoms. The predicted octanol–water partition coefficient (Wildman–Crippen LogP) is 1.64. The van der Waals surface area contributed by atoms with Gasteiger partial charge in [0.05, 0.1) is 0 Å². The van der Waals surface area contributed by atoms with Crippen LogP contribution in [0.5, 0.6) is 0 Å². The Morgan fingerprint density at radius 3 is 2.40 bits per heavy atom. The highest BCUT2D eigenvalue weighted by molar-refractivity contribution is 14.1. The summed E-state index contributed by atoms with van der Waals surface area (Å²) < 4.78 is 1.16. The first-order valence-electron chi connectivity index (χ1n) is 4.25. The van der Waals surface area contributed by atoms with E-state index in [4.69, 9.17) is 12.2 Å². The molecular weight excluding hydrogens is 323 g/mol. The predicted molar refractivity (Wildman–Crippen MR) is 71.0 cm³/mol. The van der Waals surface area contributed by atoms with Crippen LogP contribution >= 0.6 is 34.8 Å². The average Bonchev–Trinajstić information content (AvgIpc) is 2.49. The van der Waals surface area contributed by atoms with E-state index < -0.39 is 0 Å². The van der Waals surface area contributed by atoms with Crippen molar-refractivity contribution in [2.24, 2.45) is 0 Å². The molecule has 0 aliphatic carbocycles. The number of carbonyl (C=O) groups is 1. The number of amides is 1. The Bertz CT molecular complexity index is 453. The minimum absolute atomic E-state index is 0.182. The maximum absolute atomic E-state index is 11.3. The van der Waals surface area contributed by atoms with Gasteiger partial charge in [0.2, 0.25) is 0 Å². The van der Waals surface area contributed by atoms with Crippen molar-refractivity contribution in [1.82, 2.24) is 10.6 Å². The van der Waals surface area contributed by atoms with Crippen LogP contribution in [0.25, 0.3) is 6.08 Å². The molecule has 0 aromatic heterocycles. The van der Waals surface area contributed by atoms with Gasteiger partial charge in [-0.05, 0) is 58.6 Å². The normalized spacial score (nSPS) is 17.8. The second kappa shape index (κ2) is 4.28. The fraction of sp³-hybridized carbons (Fsp3) is 0. The van der Waals surface area contributed by atoms with Crippen molar-refractivity contribution in [3.8, 4) is 0 Å². The minimum Gasteiger partial charge on any atom is -0.328 e. The summed E-state index contributed by atoms with van der Waals surface area (Å²) in [5.74, 6) is -0.182. The lowest BCUT2D eigenvalue weighted by atomic mass is 10.2. The van der Waals surface area contributed by atoms with Crippen molar-refractivity contribution in [1.29, 1.82) is 0 Å². The Hall–Kier alpha value is -0.950. The molecule has 76 valence electrons. The van der Waals surface area contributed by atoms with Crippen LogP contribution in [-0.4, -0.2) is 11.0 Å². The van der Waals surface area contributed by atoms with Gasteiger partial charge in [0.15, 0.2) is 5.11 Å². The molecule has 1 fully saturated rings. The summed E-state index contributed by atoms with van der Waals surface area (Å²) in [5, 5.41) is 5.66. The van der Waals surface area contributed by atoms with Crippen LogP contribution in [0.3, 0.4) is 0 Å². The van der Waals surface area contributed by atoms with Gasteiger partial charge in [0, 0.05) is 3.57 Å². The largest absolute Gasteiger partial charge is 0.328 e. The van der Waals surface area contributed by atoms with Crippen molar-refractivity contribution in [2.45, 2.75) is 0 Å². The average molecular weight is 330 g/mol. The summed E-state index contributed by atoms with van der Waals surface area (Å²) in [6.07, 6.45) is 1.77. The van der Waals surface area contributed by atoms with Crippen LogP contribution in [0.15, 0.2) is 30.0 Å². The second-order valence-corrected chi connectivity index (χ2v) is 4.67. The standard InChI is InChI=1S/C10H7IN2OS/c11-7-3-1-6(2-4-7)5-8-9(14)13-10(15)12-8/h1-5H,(H2,12,13,14,15). The van der Waals surface area contributed by atoms with Crippen molar-refractivity contribution < 1.29 is 4.79 Å². The third-order valence-electron chi connectivity index (χ3n) is 1.90. The molecule has 1 heterocycles. The summed E-state index contributed by atoms with van der Waals surface area (Å²) in [6.45, 7) is 0. The smallest absolute Gasteiger partial charge is 0.273 e. The highest BCUT2D eigenvalue weighted by atomic mass is 127. The van der Waals surface area contributed by atoms with E-state index in [0.717, 1.165) is 9.13 Å². The lowest BCUT2D eigenvalue weighted by Gasteiger charge is -1.96. The Balaban J connectivity index is 2.27. The number of benzene rings is 1. The molecule has 2 N–H and O–H groups in total. The van der Waals surface area contributed by atoms with E-state index in [9.17, 15) is 4.79 Å². The number of halogens is 1. The van der Waals surface area contributed by atoms with Gasteiger partial charge in [-0.2, -0.15) is 0 Å². The van der Waals surface area contributed by atoms with E-state index in [1.165, 1.54) is 0 Å². The lowest BCUT2D eigenvalue weighted by molar-refractivity contribution is -0.115. The molecule has 1 aromatic carbocycles. The molecule has 15 heavy (non-hydrogen) atoms. The van der Waals surface area contributed by atoms with Crippen LogP contribution < -0.4 is 10.6 Å². The number of rotatable bonds is 1. The Labute approximate surface area is 106 Å². The monoisotopic (exact) mass is 330 g/mol. The van der Waals surface area contributed by atoms with Crippen LogP contribution in [0.1, 0.15) is 5.56 Å². The maximum Gasteiger partial charge on any atom is 0.273 e. The zero-order chi connectivity index (χ0) is 10.8. The molecule has 1 amide bonds. The van der Waals surface area contributed by atoms with Gasteiger partial charge in [-0.3, -0.25) is 10.1 Å². The van der Waals surface area contributed by atoms with Gasteiger partial charge in [-0.15, -0.1) is 0 Å². The Morgan fingerprint density at radius 1 is 1.20 bits per heavy atom. The number of hydrogen-bond donors (Lipinski definition) is 2. The van der Waals surface area contributed by atoms with Gasteiger partial charge in [0.1, 0.15) is 5.70 Å². The first-order valence-corrected chi connectivity index (χ1v) is 5.73. The molecule has 1 aliphatic heterocycles. The van der Waals surface area contributed by atoms with Gasteiger partial charge < -0.3 is 5.32 Å². The topological polar surface area (TPSA) is 41.1 Å².